The molecular formula is C23H30INS. The quantitative estimate of drug-likeness (QED) is 0.387. The molecule has 0 aromatic heterocycles. The summed E-state index contributed by atoms with van der Waals surface area (Å²) in [5.41, 5.74) is 5.57. The third-order valence-corrected chi connectivity index (χ3v) is 6.94. The first-order valence-electron chi connectivity index (χ1n) is 9.56. The van der Waals surface area contributed by atoms with Crippen LogP contribution in [0.3, 0.4) is 0 Å². The normalized spacial score (nSPS) is 14.5. The van der Waals surface area contributed by atoms with Gasteiger partial charge in [-0.3, -0.25) is 0 Å². The number of halogens is 1. The zero-order valence-electron chi connectivity index (χ0n) is 16.4. The van der Waals surface area contributed by atoms with Crippen molar-refractivity contribution in [2.75, 3.05) is 26.2 Å². The number of hydrogen-bond acceptors (Lipinski definition) is 1. The van der Waals surface area contributed by atoms with Crippen molar-refractivity contribution in [1.29, 1.82) is 0 Å². The van der Waals surface area contributed by atoms with E-state index in [1.807, 2.05) is 11.8 Å². The smallest absolute Gasteiger partial charge is 0.0821 e. The number of quaternary nitrogens is 1. The number of benzene rings is 2. The molecule has 0 spiro atoms. The zero-order chi connectivity index (χ0) is 17.9. The Morgan fingerprint density at radius 2 is 1.54 bits per heavy atom. The monoisotopic (exact) mass is 479 g/mol. The molecule has 26 heavy (non-hydrogen) atoms. The van der Waals surface area contributed by atoms with Crippen molar-refractivity contribution in [3.05, 3.63) is 65.2 Å². The molecule has 0 amide bonds. The second-order valence-electron chi connectivity index (χ2n) is 7.02. The lowest BCUT2D eigenvalue weighted by molar-refractivity contribution is -0.922. The van der Waals surface area contributed by atoms with Crippen molar-refractivity contribution in [2.45, 2.75) is 43.9 Å². The summed E-state index contributed by atoms with van der Waals surface area (Å²) in [7, 11) is 0. The van der Waals surface area contributed by atoms with Crippen LogP contribution in [-0.2, 0) is 0 Å². The van der Waals surface area contributed by atoms with E-state index in [9.17, 15) is 0 Å². The van der Waals surface area contributed by atoms with Gasteiger partial charge in [-0.2, -0.15) is 0 Å². The first-order chi connectivity index (χ1) is 12.1. The summed E-state index contributed by atoms with van der Waals surface area (Å²) in [5, 5.41) is 0. The predicted molar refractivity (Wildman–Crippen MR) is 110 cm³/mol. The predicted octanol–water partition coefficient (Wildman–Crippen LogP) is 3.16. The molecule has 0 unspecified atom stereocenters. The first-order valence-corrected chi connectivity index (χ1v) is 10.4. The van der Waals surface area contributed by atoms with E-state index in [2.05, 4.69) is 76.2 Å². The minimum atomic E-state index is 0. The molecule has 140 valence electrons. The third kappa shape index (κ3) is 4.37. The maximum absolute atomic E-state index is 2.49. The van der Waals surface area contributed by atoms with Crippen LogP contribution in [0.5, 0.6) is 0 Å². The van der Waals surface area contributed by atoms with E-state index >= 15 is 0 Å². The van der Waals surface area contributed by atoms with Crippen LogP contribution in [0.1, 0.15) is 43.9 Å². The summed E-state index contributed by atoms with van der Waals surface area (Å²) in [6.45, 7) is 14.1. The van der Waals surface area contributed by atoms with E-state index in [4.69, 9.17) is 0 Å². The molecule has 0 saturated heterocycles. The summed E-state index contributed by atoms with van der Waals surface area (Å²) in [5.74, 6) is 0. The highest BCUT2D eigenvalue weighted by Crippen LogP contribution is 2.45. The van der Waals surface area contributed by atoms with E-state index in [-0.39, 0.29) is 24.0 Å². The molecule has 0 radical (unpaired) electrons. The topological polar surface area (TPSA) is 0 Å². The van der Waals surface area contributed by atoms with Crippen LogP contribution in [0.2, 0.25) is 0 Å². The first kappa shape index (κ1) is 21.5. The van der Waals surface area contributed by atoms with Crippen molar-refractivity contribution < 1.29 is 28.5 Å². The Balaban J connectivity index is 0.00000243. The Morgan fingerprint density at radius 1 is 0.885 bits per heavy atom. The maximum Gasteiger partial charge on any atom is 0.0821 e. The van der Waals surface area contributed by atoms with Crippen LogP contribution < -0.4 is 24.0 Å². The van der Waals surface area contributed by atoms with Crippen LogP contribution in [-0.4, -0.2) is 30.7 Å². The molecule has 0 N–H and O–H groups in total. The van der Waals surface area contributed by atoms with Crippen LogP contribution in [0.15, 0.2) is 58.3 Å². The molecule has 1 aliphatic heterocycles. The van der Waals surface area contributed by atoms with E-state index in [0.717, 1.165) is 6.42 Å². The molecule has 1 heterocycles. The fourth-order valence-electron chi connectivity index (χ4n) is 3.83. The molecule has 0 fully saturated rings. The highest BCUT2D eigenvalue weighted by Gasteiger charge is 2.22. The van der Waals surface area contributed by atoms with Gasteiger partial charge < -0.3 is 28.5 Å². The average Bonchev–Trinajstić information content (AvgIpc) is 2.65. The summed E-state index contributed by atoms with van der Waals surface area (Å²) < 4.78 is 1.21. The van der Waals surface area contributed by atoms with Crippen LogP contribution in [0.25, 0.3) is 5.57 Å². The number of aryl methyl sites for hydroxylation is 1. The standard InChI is InChI=1S/C23H30NS.HI/c1-5-24(6-2,7-3)16-10-12-19-20-11-8-9-13-22(20)25-23-15-14-18(4)17-21(19)23;/h8-9,11-15,17H,5-7,10,16H2,1-4H3;1H/q+1;/p-1/b19-12-;. The van der Waals surface area contributed by atoms with E-state index in [1.165, 1.54) is 62.7 Å². The average molecular weight is 479 g/mol. The minimum Gasteiger partial charge on any atom is -1.00 e. The molecule has 1 aliphatic rings. The van der Waals surface area contributed by atoms with Crippen molar-refractivity contribution in [3.63, 3.8) is 0 Å². The van der Waals surface area contributed by atoms with Crippen molar-refractivity contribution >= 4 is 17.3 Å². The van der Waals surface area contributed by atoms with Crippen LogP contribution in [0, 0.1) is 6.92 Å². The molecule has 0 atom stereocenters. The van der Waals surface area contributed by atoms with Gasteiger partial charge in [0, 0.05) is 16.2 Å². The van der Waals surface area contributed by atoms with E-state index in [0.29, 0.717) is 0 Å². The Bertz CT molecular complexity index is 769. The van der Waals surface area contributed by atoms with Gasteiger partial charge in [-0.15, -0.1) is 0 Å². The van der Waals surface area contributed by atoms with E-state index < -0.39 is 0 Å². The largest absolute Gasteiger partial charge is 1.00 e. The molecule has 3 rings (SSSR count). The molecular weight excluding hydrogens is 449 g/mol. The number of hydrogen-bond donors (Lipinski definition) is 0. The van der Waals surface area contributed by atoms with Crippen LogP contribution in [0.4, 0.5) is 0 Å². The molecule has 2 aromatic rings. The lowest BCUT2D eigenvalue weighted by Gasteiger charge is -2.35. The summed E-state index contributed by atoms with van der Waals surface area (Å²) in [4.78, 5) is 2.77. The summed E-state index contributed by atoms with van der Waals surface area (Å²) in [6, 6.07) is 15.7. The number of nitrogens with zero attached hydrogens (tertiary/aromatic N) is 1. The molecule has 0 aliphatic carbocycles. The molecule has 3 heteroatoms. The minimum absolute atomic E-state index is 0. The Kier molecular flexibility index (Phi) is 7.80. The van der Waals surface area contributed by atoms with Crippen molar-refractivity contribution in [1.82, 2.24) is 0 Å². The summed E-state index contributed by atoms with van der Waals surface area (Å²) in [6.07, 6.45) is 3.63. The van der Waals surface area contributed by atoms with Gasteiger partial charge in [-0.1, -0.05) is 53.7 Å². The molecule has 1 nitrogen and oxygen atoms in total. The molecule has 0 saturated carbocycles. The summed E-state index contributed by atoms with van der Waals surface area (Å²) >= 11 is 1.90. The Morgan fingerprint density at radius 3 is 2.23 bits per heavy atom. The Labute approximate surface area is 180 Å². The second kappa shape index (κ2) is 9.43. The molecule has 0 bridgehead atoms. The lowest BCUT2D eigenvalue weighted by Crippen LogP contribution is -3.00. The van der Waals surface area contributed by atoms with Crippen LogP contribution >= 0.6 is 11.8 Å². The van der Waals surface area contributed by atoms with Gasteiger partial charge in [0.1, 0.15) is 0 Å². The van der Waals surface area contributed by atoms with Gasteiger partial charge in [0.2, 0.25) is 0 Å². The molecule has 2 aromatic carbocycles. The van der Waals surface area contributed by atoms with Gasteiger partial charge in [0.25, 0.3) is 0 Å². The Hall–Kier alpha value is -0.780. The fraction of sp³-hybridized carbons (Fsp3) is 0.391. The van der Waals surface area contributed by atoms with Gasteiger partial charge in [-0.25, -0.2) is 0 Å². The van der Waals surface area contributed by atoms with Gasteiger partial charge in [-0.05, 0) is 56.5 Å². The number of fused-ring (bicyclic) bond motifs is 2. The SMILES string of the molecule is CC[N+](CC)(CC)CC/C=C1/c2ccccc2Sc2ccc(C)cc21.[I-]. The third-order valence-electron chi connectivity index (χ3n) is 5.79. The second-order valence-corrected chi connectivity index (χ2v) is 8.10. The zero-order valence-corrected chi connectivity index (χ0v) is 19.4. The van der Waals surface area contributed by atoms with E-state index in [1.54, 1.807) is 0 Å². The van der Waals surface area contributed by atoms with Gasteiger partial charge >= 0.3 is 0 Å². The highest BCUT2D eigenvalue weighted by atomic mass is 127. The number of rotatable bonds is 6. The van der Waals surface area contributed by atoms with Gasteiger partial charge in [0.05, 0.1) is 26.2 Å². The fourth-order valence-corrected chi connectivity index (χ4v) is 4.92. The van der Waals surface area contributed by atoms with Crippen molar-refractivity contribution in [3.8, 4) is 0 Å². The van der Waals surface area contributed by atoms with Gasteiger partial charge in [0.15, 0.2) is 0 Å². The highest BCUT2D eigenvalue weighted by molar-refractivity contribution is 7.99. The van der Waals surface area contributed by atoms with Crippen molar-refractivity contribution in [2.24, 2.45) is 0 Å². The lowest BCUT2D eigenvalue weighted by atomic mass is 9.95. The maximum atomic E-state index is 2.49.